The van der Waals surface area contributed by atoms with Crippen LogP contribution in [0.4, 0.5) is 17.6 Å². The Morgan fingerprint density at radius 3 is 2.66 bits per heavy atom. The number of carbonyl (C=O) groups is 1. The molecule has 0 fully saturated rings. The third kappa shape index (κ3) is 8.37. The van der Waals surface area contributed by atoms with Gasteiger partial charge < -0.3 is 24.4 Å². The van der Waals surface area contributed by atoms with E-state index >= 15 is 0 Å². The zero-order chi connectivity index (χ0) is 25.4. The standard InChI is InChI=1S/C21H19ClF4N4O5/c22-15-3-1-13(8-16(15)23)34-11-19(32)27-6-5-12(31)7-20-29-18(30-35-20)10-33-14-2-4-17(28-9-14)21(24,25)26/h1-4,8-9,12,31H,5-7,10-11H2,(H,27,32). The van der Waals surface area contributed by atoms with Crippen molar-refractivity contribution in [3.63, 3.8) is 0 Å². The van der Waals surface area contributed by atoms with Gasteiger partial charge in [0.1, 0.15) is 23.0 Å². The fraction of sp³-hybridized carbons (Fsp3) is 0.333. The molecule has 0 bridgehead atoms. The van der Waals surface area contributed by atoms with Gasteiger partial charge in [-0.2, -0.15) is 18.2 Å². The van der Waals surface area contributed by atoms with Crippen molar-refractivity contribution in [1.82, 2.24) is 20.4 Å². The highest BCUT2D eigenvalue weighted by atomic mass is 35.5. The van der Waals surface area contributed by atoms with Crippen molar-refractivity contribution in [3.8, 4) is 11.5 Å². The molecule has 0 aliphatic carbocycles. The highest BCUT2D eigenvalue weighted by molar-refractivity contribution is 6.30. The summed E-state index contributed by atoms with van der Waals surface area (Å²) in [5.74, 6) is -0.669. The van der Waals surface area contributed by atoms with Crippen LogP contribution in [0.15, 0.2) is 41.1 Å². The third-order valence-corrected chi connectivity index (χ3v) is 4.68. The first-order valence-electron chi connectivity index (χ1n) is 10.1. The van der Waals surface area contributed by atoms with Crippen molar-refractivity contribution < 1.29 is 41.5 Å². The molecule has 0 spiro atoms. The summed E-state index contributed by atoms with van der Waals surface area (Å²) >= 11 is 5.57. The van der Waals surface area contributed by atoms with Gasteiger partial charge in [0.25, 0.3) is 5.91 Å². The molecule has 188 valence electrons. The van der Waals surface area contributed by atoms with E-state index in [0.29, 0.717) is 0 Å². The lowest BCUT2D eigenvalue weighted by Crippen LogP contribution is -2.31. The maximum absolute atomic E-state index is 13.3. The van der Waals surface area contributed by atoms with Crippen LogP contribution in [0.5, 0.6) is 11.5 Å². The normalized spacial score (nSPS) is 12.3. The fourth-order valence-corrected chi connectivity index (χ4v) is 2.78. The van der Waals surface area contributed by atoms with E-state index in [0.717, 1.165) is 24.4 Å². The summed E-state index contributed by atoms with van der Waals surface area (Å²) in [6.45, 7) is -0.401. The number of nitrogens with one attached hydrogen (secondary N) is 1. The summed E-state index contributed by atoms with van der Waals surface area (Å²) in [5, 5.41) is 16.2. The maximum atomic E-state index is 13.3. The Hall–Kier alpha value is -3.45. The first kappa shape index (κ1) is 26.2. The van der Waals surface area contributed by atoms with Gasteiger partial charge in [-0.15, -0.1) is 0 Å². The molecule has 0 aliphatic heterocycles. The van der Waals surface area contributed by atoms with E-state index in [1.165, 1.54) is 12.1 Å². The Morgan fingerprint density at radius 2 is 1.97 bits per heavy atom. The second-order valence-corrected chi connectivity index (χ2v) is 7.54. The number of benzene rings is 1. The number of ether oxygens (including phenoxy) is 2. The number of amides is 1. The third-order valence-electron chi connectivity index (χ3n) is 4.38. The number of carbonyl (C=O) groups excluding carboxylic acids is 1. The second kappa shape index (κ2) is 11.8. The minimum Gasteiger partial charge on any atom is -0.484 e. The molecule has 14 heteroatoms. The van der Waals surface area contributed by atoms with Crippen LogP contribution in [-0.4, -0.2) is 45.4 Å². The lowest BCUT2D eigenvalue weighted by molar-refractivity contribution is -0.141. The number of alkyl halides is 3. The van der Waals surface area contributed by atoms with Crippen molar-refractivity contribution >= 4 is 17.5 Å². The number of hydrogen-bond donors (Lipinski definition) is 2. The smallest absolute Gasteiger partial charge is 0.433 e. The van der Waals surface area contributed by atoms with E-state index in [-0.39, 0.29) is 60.8 Å². The maximum Gasteiger partial charge on any atom is 0.433 e. The summed E-state index contributed by atoms with van der Waals surface area (Å²) in [4.78, 5) is 19.1. The minimum absolute atomic E-state index is 0.00522. The molecule has 35 heavy (non-hydrogen) atoms. The molecule has 2 heterocycles. The molecule has 0 saturated carbocycles. The van der Waals surface area contributed by atoms with Crippen LogP contribution < -0.4 is 14.8 Å². The van der Waals surface area contributed by atoms with Gasteiger partial charge in [-0.25, -0.2) is 9.37 Å². The Morgan fingerprint density at radius 1 is 1.20 bits per heavy atom. The summed E-state index contributed by atoms with van der Waals surface area (Å²) in [5.41, 5.74) is -1.04. The molecule has 2 aromatic heterocycles. The average Bonchev–Trinajstić information content (AvgIpc) is 3.25. The lowest BCUT2D eigenvalue weighted by Gasteiger charge is -2.10. The number of halogens is 5. The molecule has 3 rings (SSSR count). The topological polar surface area (TPSA) is 120 Å². The van der Waals surface area contributed by atoms with Crippen LogP contribution in [0.3, 0.4) is 0 Å². The van der Waals surface area contributed by atoms with Gasteiger partial charge >= 0.3 is 6.18 Å². The summed E-state index contributed by atoms with van der Waals surface area (Å²) in [6, 6.07) is 5.70. The molecule has 0 aliphatic rings. The number of aliphatic hydroxyl groups excluding tert-OH is 1. The molecule has 9 nitrogen and oxygen atoms in total. The number of hydrogen-bond acceptors (Lipinski definition) is 8. The first-order valence-corrected chi connectivity index (χ1v) is 10.5. The molecule has 3 aromatic rings. The van der Waals surface area contributed by atoms with Gasteiger partial charge in [-0.3, -0.25) is 4.79 Å². The molecule has 1 unspecified atom stereocenters. The Bertz CT molecular complexity index is 1130. The predicted molar refractivity (Wildman–Crippen MR) is 112 cm³/mol. The van der Waals surface area contributed by atoms with E-state index in [2.05, 4.69) is 20.4 Å². The largest absolute Gasteiger partial charge is 0.484 e. The van der Waals surface area contributed by atoms with E-state index in [1.54, 1.807) is 0 Å². The number of nitrogens with zero attached hydrogens (tertiary/aromatic N) is 3. The zero-order valence-electron chi connectivity index (χ0n) is 17.9. The van der Waals surface area contributed by atoms with Crippen LogP contribution in [-0.2, 0) is 24.0 Å². The van der Waals surface area contributed by atoms with Gasteiger partial charge in [0.05, 0.1) is 23.7 Å². The molecule has 0 radical (unpaired) electrons. The SMILES string of the molecule is O=C(COc1ccc(Cl)c(F)c1)NCCC(O)Cc1nc(COc2ccc(C(F)(F)F)nc2)no1. The van der Waals surface area contributed by atoms with Crippen LogP contribution in [0.2, 0.25) is 5.02 Å². The monoisotopic (exact) mass is 518 g/mol. The van der Waals surface area contributed by atoms with Crippen molar-refractivity contribution in [2.75, 3.05) is 13.2 Å². The van der Waals surface area contributed by atoms with Gasteiger partial charge in [0.2, 0.25) is 11.7 Å². The molecule has 0 saturated heterocycles. The average molecular weight is 519 g/mol. The number of aliphatic hydroxyl groups is 1. The molecule has 1 amide bonds. The second-order valence-electron chi connectivity index (χ2n) is 7.13. The Kier molecular flexibility index (Phi) is 8.82. The summed E-state index contributed by atoms with van der Waals surface area (Å²) in [6.07, 6.45) is -4.34. The van der Waals surface area contributed by atoms with E-state index in [4.69, 9.17) is 25.6 Å². The Labute approximate surface area is 201 Å². The first-order chi connectivity index (χ1) is 16.6. The van der Waals surface area contributed by atoms with Crippen molar-refractivity contribution in [1.29, 1.82) is 0 Å². The van der Waals surface area contributed by atoms with Gasteiger partial charge in [-0.05, 0) is 30.7 Å². The Balaban J connectivity index is 1.34. The van der Waals surface area contributed by atoms with Gasteiger partial charge in [0.15, 0.2) is 13.2 Å². The van der Waals surface area contributed by atoms with Gasteiger partial charge in [0, 0.05) is 12.6 Å². The summed E-state index contributed by atoms with van der Waals surface area (Å²) < 4.78 is 66.3. The fourth-order valence-electron chi connectivity index (χ4n) is 2.66. The van der Waals surface area contributed by atoms with Crippen LogP contribution in [0.1, 0.15) is 23.8 Å². The van der Waals surface area contributed by atoms with Crippen molar-refractivity contribution in [3.05, 3.63) is 64.8 Å². The van der Waals surface area contributed by atoms with E-state index in [9.17, 15) is 27.5 Å². The highest BCUT2D eigenvalue weighted by Gasteiger charge is 2.32. The quantitative estimate of drug-likeness (QED) is 0.371. The highest BCUT2D eigenvalue weighted by Crippen LogP contribution is 2.28. The molecule has 1 atom stereocenters. The number of aromatic nitrogens is 3. The lowest BCUT2D eigenvalue weighted by atomic mass is 10.2. The van der Waals surface area contributed by atoms with E-state index < -0.39 is 29.7 Å². The minimum atomic E-state index is -4.55. The predicted octanol–water partition coefficient (Wildman–Crippen LogP) is 3.34. The van der Waals surface area contributed by atoms with Crippen LogP contribution in [0, 0.1) is 5.82 Å². The number of rotatable bonds is 11. The van der Waals surface area contributed by atoms with Crippen molar-refractivity contribution in [2.24, 2.45) is 0 Å². The van der Waals surface area contributed by atoms with E-state index in [1.807, 2.05) is 0 Å². The number of pyridine rings is 1. The zero-order valence-corrected chi connectivity index (χ0v) is 18.6. The van der Waals surface area contributed by atoms with Gasteiger partial charge in [-0.1, -0.05) is 16.8 Å². The molecule has 1 aromatic carbocycles. The molecule has 2 N–H and O–H groups in total. The molecular formula is C21H19ClF4N4O5. The molecular weight excluding hydrogens is 500 g/mol. The van der Waals surface area contributed by atoms with Crippen LogP contribution in [0.25, 0.3) is 0 Å². The summed E-state index contributed by atoms with van der Waals surface area (Å²) in [7, 11) is 0. The van der Waals surface area contributed by atoms with Crippen molar-refractivity contribution in [2.45, 2.75) is 31.7 Å². The van der Waals surface area contributed by atoms with Crippen LogP contribution >= 0.6 is 11.6 Å².